The van der Waals surface area contributed by atoms with Crippen LogP contribution in [0.3, 0.4) is 0 Å². The van der Waals surface area contributed by atoms with Gasteiger partial charge < -0.3 is 15.2 Å². The highest BCUT2D eigenvalue weighted by Crippen LogP contribution is 2.26. The number of rotatable bonds is 6. The standard InChI is InChI=1S/C27H30N6O3/c1-17-20(14-18-4-6-19(7-5-18)21-8-11-32(2)30-21)15-24(28-26(17)23-9-12-33(3)31-23)27(35)29-22-10-13-36-16-25(22)34/h4-9,11-12,15,22,25,34H,10,13-14,16H2,1-3H3,(H,29,35)/t22-,25-/m0/s1. The van der Waals surface area contributed by atoms with Crippen LogP contribution in [0.25, 0.3) is 22.6 Å². The van der Waals surface area contributed by atoms with Gasteiger partial charge in [-0.05, 0) is 54.7 Å². The summed E-state index contributed by atoms with van der Waals surface area (Å²) in [5.41, 5.74) is 6.76. The van der Waals surface area contributed by atoms with Gasteiger partial charge in [-0.1, -0.05) is 24.3 Å². The Bertz CT molecular complexity index is 1370. The molecule has 0 spiro atoms. The first kappa shape index (κ1) is 23.9. The zero-order chi connectivity index (χ0) is 25.2. The molecule has 4 heterocycles. The van der Waals surface area contributed by atoms with Gasteiger partial charge in [-0.3, -0.25) is 14.2 Å². The second-order valence-electron chi connectivity index (χ2n) is 9.27. The smallest absolute Gasteiger partial charge is 0.270 e. The number of hydrogen-bond acceptors (Lipinski definition) is 6. The maximum absolute atomic E-state index is 13.2. The molecule has 1 saturated heterocycles. The third-order valence-corrected chi connectivity index (χ3v) is 6.57. The molecular formula is C27H30N6O3. The fourth-order valence-corrected chi connectivity index (χ4v) is 4.47. The van der Waals surface area contributed by atoms with Crippen LogP contribution in [0, 0.1) is 6.92 Å². The average molecular weight is 487 g/mol. The molecule has 1 aliphatic rings. The van der Waals surface area contributed by atoms with Crippen molar-refractivity contribution in [1.82, 2.24) is 29.9 Å². The summed E-state index contributed by atoms with van der Waals surface area (Å²) >= 11 is 0. The molecule has 4 aromatic rings. The van der Waals surface area contributed by atoms with Crippen LogP contribution < -0.4 is 5.32 Å². The number of carbonyl (C=O) groups excluding carboxylic acids is 1. The van der Waals surface area contributed by atoms with E-state index in [1.165, 1.54) is 0 Å². The quantitative estimate of drug-likeness (QED) is 0.434. The van der Waals surface area contributed by atoms with Gasteiger partial charge in [-0.2, -0.15) is 10.2 Å². The number of amides is 1. The Kier molecular flexibility index (Phi) is 6.67. The molecule has 2 atom stereocenters. The number of aliphatic hydroxyl groups is 1. The maximum Gasteiger partial charge on any atom is 0.270 e. The molecule has 2 N–H and O–H groups in total. The van der Waals surface area contributed by atoms with Gasteiger partial charge in [0, 0.05) is 38.7 Å². The number of ether oxygens (including phenoxy) is 1. The Hall–Kier alpha value is -3.82. The van der Waals surface area contributed by atoms with Crippen molar-refractivity contribution in [3.05, 3.63) is 77.2 Å². The highest BCUT2D eigenvalue weighted by Gasteiger charge is 2.27. The summed E-state index contributed by atoms with van der Waals surface area (Å²) in [6.07, 6.45) is 4.24. The molecule has 186 valence electrons. The summed E-state index contributed by atoms with van der Waals surface area (Å²) in [6.45, 7) is 2.73. The van der Waals surface area contributed by atoms with Crippen molar-refractivity contribution in [1.29, 1.82) is 0 Å². The topological polar surface area (TPSA) is 107 Å². The lowest BCUT2D eigenvalue weighted by atomic mass is 9.96. The third-order valence-electron chi connectivity index (χ3n) is 6.57. The van der Waals surface area contributed by atoms with E-state index in [1.54, 1.807) is 9.36 Å². The molecule has 0 radical (unpaired) electrons. The van der Waals surface area contributed by atoms with Gasteiger partial charge in [0.05, 0.1) is 30.1 Å². The Morgan fingerprint density at radius 3 is 2.42 bits per heavy atom. The van der Waals surface area contributed by atoms with Crippen LogP contribution >= 0.6 is 0 Å². The molecule has 0 saturated carbocycles. The van der Waals surface area contributed by atoms with Crippen LogP contribution in [0.1, 0.15) is 33.6 Å². The third kappa shape index (κ3) is 5.07. The molecule has 1 aromatic carbocycles. The van der Waals surface area contributed by atoms with Gasteiger partial charge in [0.15, 0.2) is 0 Å². The molecule has 0 unspecified atom stereocenters. The number of aromatic nitrogens is 5. The molecule has 0 bridgehead atoms. The Labute approximate surface area is 209 Å². The molecule has 9 nitrogen and oxygen atoms in total. The van der Waals surface area contributed by atoms with Crippen molar-refractivity contribution in [3.63, 3.8) is 0 Å². The Balaban J connectivity index is 1.46. The second-order valence-corrected chi connectivity index (χ2v) is 9.27. The Morgan fingerprint density at radius 1 is 1.08 bits per heavy atom. The number of hydrogen-bond donors (Lipinski definition) is 2. The molecule has 3 aromatic heterocycles. The molecule has 5 rings (SSSR count). The number of benzene rings is 1. The first-order chi connectivity index (χ1) is 17.4. The summed E-state index contributed by atoms with van der Waals surface area (Å²) in [4.78, 5) is 17.9. The van der Waals surface area contributed by atoms with Crippen LogP contribution in [0.5, 0.6) is 0 Å². The predicted octanol–water partition coefficient (Wildman–Crippen LogP) is 2.66. The molecular weight excluding hydrogens is 456 g/mol. The SMILES string of the molecule is Cc1c(Cc2ccc(-c3ccn(C)n3)cc2)cc(C(=O)N[C@H]2CCOC[C@@H]2O)nc1-c1ccn(C)n1. The van der Waals surface area contributed by atoms with Crippen molar-refractivity contribution in [3.8, 4) is 22.6 Å². The number of aryl methyl sites for hydroxylation is 2. The zero-order valence-corrected chi connectivity index (χ0v) is 20.7. The molecule has 36 heavy (non-hydrogen) atoms. The molecule has 0 aliphatic carbocycles. The van der Waals surface area contributed by atoms with Crippen molar-refractivity contribution in [2.75, 3.05) is 13.2 Å². The van der Waals surface area contributed by atoms with Crippen LogP contribution in [0.15, 0.2) is 54.9 Å². The normalized spacial score (nSPS) is 17.8. The summed E-state index contributed by atoms with van der Waals surface area (Å²) < 4.78 is 8.79. The van der Waals surface area contributed by atoms with Gasteiger partial charge in [0.1, 0.15) is 11.4 Å². The first-order valence-electron chi connectivity index (χ1n) is 12.0. The van der Waals surface area contributed by atoms with Gasteiger partial charge in [-0.25, -0.2) is 4.98 Å². The fourth-order valence-electron chi connectivity index (χ4n) is 4.47. The highest BCUT2D eigenvalue weighted by atomic mass is 16.5. The van der Waals surface area contributed by atoms with Crippen molar-refractivity contribution < 1.29 is 14.6 Å². The molecule has 1 fully saturated rings. The minimum atomic E-state index is -0.736. The van der Waals surface area contributed by atoms with Crippen LogP contribution in [0.4, 0.5) is 0 Å². The number of pyridine rings is 1. The van der Waals surface area contributed by atoms with Crippen molar-refractivity contribution in [2.24, 2.45) is 14.1 Å². The lowest BCUT2D eigenvalue weighted by Gasteiger charge is -2.28. The lowest BCUT2D eigenvalue weighted by molar-refractivity contribution is -0.0261. The van der Waals surface area contributed by atoms with E-state index >= 15 is 0 Å². The lowest BCUT2D eigenvalue weighted by Crippen LogP contribution is -2.48. The second kappa shape index (κ2) is 10.0. The summed E-state index contributed by atoms with van der Waals surface area (Å²) in [5, 5.41) is 22.2. The van der Waals surface area contributed by atoms with E-state index in [4.69, 9.17) is 9.72 Å². The van der Waals surface area contributed by atoms with Gasteiger partial charge in [0.25, 0.3) is 5.91 Å². The van der Waals surface area contributed by atoms with E-state index in [0.717, 1.165) is 27.9 Å². The van der Waals surface area contributed by atoms with Crippen molar-refractivity contribution in [2.45, 2.75) is 31.9 Å². The summed E-state index contributed by atoms with van der Waals surface area (Å²) in [5.74, 6) is -0.315. The monoisotopic (exact) mass is 486 g/mol. The van der Waals surface area contributed by atoms with E-state index < -0.39 is 6.10 Å². The van der Waals surface area contributed by atoms with Crippen molar-refractivity contribution >= 4 is 5.91 Å². The highest BCUT2D eigenvalue weighted by molar-refractivity contribution is 5.93. The summed E-state index contributed by atoms with van der Waals surface area (Å²) in [7, 11) is 3.76. The molecule has 9 heteroatoms. The Morgan fingerprint density at radius 2 is 1.78 bits per heavy atom. The number of nitrogens with zero attached hydrogens (tertiary/aromatic N) is 5. The summed E-state index contributed by atoms with van der Waals surface area (Å²) in [6, 6.07) is 13.7. The van der Waals surface area contributed by atoms with Crippen LogP contribution in [0.2, 0.25) is 0 Å². The van der Waals surface area contributed by atoms with E-state index in [9.17, 15) is 9.90 Å². The number of aliphatic hydroxyl groups excluding tert-OH is 1. The van der Waals surface area contributed by atoms with E-state index in [1.807, 2.05) is 51.6 Å². The minimum absolute atomic E-state index is 0.213. The minimum Gasteiger partial charge on any atom is -0.389 e. The van der Waals surface area contributed by atoms with Crippen LogP contribution in [-0.4, -0.2) is 60.9 Å². The van der Waals surface area contributed by atoms with Gasteiger partial charge >= 0.3 is 0 Å². The molecule has 1 amide bonds. The predicted molar refractivity (Wildman–Crippen MR) is 135 cm³/mol. The largest absolute Gasteiger partial charge is 0.389 e. The van der Waals surface area contributed by atoms with E-state index in [-0.39, 0.29) is 18.6 Å². The average Bonchev–Trinajstić information content (AvgIpc) is 3.50. The van der Waals surface area contributed by atoms with E-state index in [0.29, 0.717) is 36.5 Å². The zero-order valence-electron chi connectivity index (χ0n) is 20.7. The van der Waals surface area contributed by atoms with Gasteiger partial charge in [-0.15, -0.1) is 0 Å². The number of nitrogens with one attached hydrogen (secondary N) is 1. The van der Waals surface area contributed by atoms with E-state index in [2.05, 4.69) is 39.8 Å². The maximum atomic E-state index is 13.2. The van der Waals surface area contributed by atoms with Gasteiger partial charge in [0.2, 0.25) is 0 Å². The van der Waals surface area contributed by atoms with Crippen LogP contribution in [-0.2, 0) is 25.3 Å². The number of carbonyl (C=O) groups is 1. The first-order valence-corrected chi connectivity index (χ1v) is 12.0. The fraction of sp³-hybridized carbons (Fsp3) is 0.333. The molecule has 1 aliphatic heterocycles.